The van der Waals surface area contributed by atoms with Gasteiger partial charge in [-0.2, -0.15) is 0 Å². The Balaban J connectivity index is 2.17. The van der Waals surface area contributed by atoms with Crippen molar-refractivity contribution in [3.05, 3.63) is 35.0 Å². The van der Waals surface area contributed by atoms with Crippen molar-refractivity contribution in [2.45, 2.75) is 39.8 Å². The highest BCUT2D eigenvalue weighted by Gasteiger charge is 2.13. The van der Waals surface area contributed by atoms with Crippen molar-refractivity contribution >= 4 is 11.3 Å². The molecule has 0 saturated heterocycles. The van der Waals surface area contributed by atoms with Crippen LogP contribution in [0.3, 0.4) is 0 Å². The number of thiazole rings is 1. The molecule has 96 valence electrons. The number of nitrogens with zero attached hydrogens (tertiary/aromatic N) is 2. The van der Waals surface area contributed by atoms with Crippen LogP contribution in [0, 0.1) is 6.92 Å². The standard InChI is InChI=1S/C14H19N3S/c1-10-12(9-16-14(2,3)4)18-13(17-10)11-7-5-6-8-15-11/h5-8,16H,9H2,1-4H3. The van der Waals surface area contributed by atoms with E-state index in [9.17, 15) is 0 Å². The summed E-state index contributed by atoms with van der Waals surface area (Å²) < 4.78 is 0. The van der Waals surface area contributed by atoms with Crippen LogP contribution in [0.25, 0.3) is 10.7 Å². The molecule has 4 heteroatoms. The van der Waals surface area contributed by atoms with Crippen molar-refractivity contribution in [3.63, 3.8) is 0 Å². The molecule has 0 radical (unpaired) electrons. The summed E-state index contributed by atoms with van der Waals surface area (Å²) in [5.74, 6) is 0. The van der Waals surface area contributed by atoms with E-state index in [4.69, 9.17) is 0 Å². The summed E-state index contributed by atoms with van der Waals surface area (Å²) in [6, 6.07) is 5.91. The maximum Gasteiger partial charge on any atom is 0.142 e. The SMILES string of the molecule is Cc1nc(-c2ccccn2)sc1CNC(C)(C)C. The topological polar surface area (TPSA) is 37.8 Å². The molecule has 3 nitrogen and oxygen atoms in total. The predicted molar refractivity (Wildman–Crippen MR) is 76.7 cm³/mol. The van der Waals surface area contributed by atoms with Gasteiger partial charge in [0, 0.05) is 23.2 Å². The van der Waals surface area contributed by atoms with Crippen LogP contribution in [0.4, 0.5) is 0 Å². The lowest BCUT2D eigenvalue weighted by atomic mass is 10.1. The van der Waals surface area contributed by atoms with Gasteiger partial charge in [-0.1, -0.05) is 6.07 Å². The molecule has 0 aliphatic rings. The lowest BCUT2D eigenvalue weighted by molar-refractivity contribution is 0.425. The third-order valence-corrected chi connectivity index (χ3v) is 3.74. The second kappa shape index (κ2) is 5.16. The highest BCUT2D eigenvalue weighted by atomic mass is 32.1. The first-order valence-corrected chi connectivity index (χ1v) is 6.90. The molecule has 1 N–H and O–H groups in total. The summed E-state index contributed by atoms with van der Waals surface area (Å²) in [5.41, 5.74) is 2.17. The fourth-order valence-electron chi connectivity index (χ4n) is 1.54. The lowest BCUT2D eigenvalue weighted by Gasteiger charge is -2.19. The van der Waals surface area contributed by atoms with E-state index < -0.39 is 0 Å². The van der Waals surface area contributed by atoms with Crippen LogP contribution in [0.5, 0.6) is 0 Å². The summed E-state index contributed by atoms with van der Waals surface area (Å²) in [5, 5.41) is 4.49. The van der Waals surface area contributed by atoms with Crippen LogP contribution < -0.4 is 5.32 Å². The van der Waals surface area contributed by atoms with E-state index in [1.165, 1.54) is 4.88 Å². The van der Waals surface area contributed by atoms with Gasteiger partial charge in [-0.15, -0.1) is 11.3 Å². The van der Waals surface area contributed by atoms with Crippen molar-refractivity contribution in [1.82, 2.24) is 15.3 Å². The largest absolute Gasteiger partial charge is 0.307 e. The number of aryl methyl sites for hydroxylation is 1. The fourth-order valence-corrected chi connectivity index (χ4v) is 2.52. The van der Waals surface area contributed by atoms with Gasteiger partial charge in [0.05, 0.1) is 11.4 Å². The van der Waals surface area contributed by atoms with E-state index >= 15 is 0 Å². The second-order valence-corrected chi connectivity index (χ2v) is 6.43. The van der Waals surface area contributed by atoms with Crippen LogP contribution in [0.2, 0.25) is 0 Å². The Kier molecular flexibility index (Phi) is 3.78. The van der Waals surface area contributed by atoms with Crippen molar-refractivity contribution < 1.29 is 0 Å². The molecule has 0 aromatic carbocycles. The summed E-state index contributed by atoms with van der Waals surface area (Å²) >= 11 is 1.72. The molecule has 0 bridgehead atoms. The van der Waals surface area contributed by atoms with Gasteiger partial charge in [0.2, 0.25) is 0 Å². The summed E-state index contributed by atoms with van der Waals surface area (Å²) in [7, 11) is 0. The minimum atomic E-state index is 0.127. The van der Waals surface area contributed by atoms with Crippen LogP contribution in [-0.2, 0) is 6.54 Å². The van der Waals surface area contributed by atoms with Crippen LogP contribution >= 0.6 is 11.3 Å². The number of nitrogens with one attached hydrogen (secondary N) is 1. The first-order valence-electron chi connectivity index (χ1n) is 6.08. The molecular formula is C14H19N3S. The lowest BCUT2D eigenvalue weighted by Crippen LogP contribution is -2.34. The maximum atomic E-state index is 4.60. The summed E-state index contributed by atoms with van der Waals surface area (Å²) in [6.07, 6.45) is 1.80. The van der Waals surface area contributed by atoms with Gasteiger partial charge in [-0.25, -0.2) is 4.98 Å². The van der Waals surface area contributed by atoms with Crippen LogP contribution in [0.1, 0.15) is 31.3 Å². The fraction of sp³-hybridized carbons (Fsp3) is 0.429. The average Bonchev–Trinajstić information content (AvgIpc) is 2.68. The molecule has 2 aromatic rings. The first kappa shape index (κ1) is 13.2. The zero-order valence-corrected chi connectivity index (χ0v) is 12.1. The normalized spacial score (nSPS) is 11.8. The Hall–Kier alpha value is -1.26. The number of pyridine rings is 1. The molecule has 0 saturated carbocycles. The molecular weight excluding hydrogens is 242 g/mol. The summed E-state index contributed by atoms with van der Waals surface area (Å²) in [6.45, 7) is 9.43. The average molecular weight is 261 g/mol. The molecule has 2 heterocycles. The van der Waals surface area contributed by atoms with Crippen molar-refractivity contribution in [3.8, 4) is 10.7 Å². The van der Waals surface area contributed by atoms with Crippen molar-refractivity contribution in [2.75, 3.05) is 0 Å². The van der Waals surface area contributed by atoms with Crippen molar-refractivity contribution in [1.29, 1.82) is 0 Å². The molecule has 0 amide bonds. The first-order chi connectivity index (χ1) is 8.46. The van der Waals surface area contributed by atoms with Gasteiger partial charge in [0.1, 0.15) is 5.01 Å². The second-order valence-electron chi connectivity index (χ2n) is 5.35. The maximum absolute atomic E-state index is 4.60. The Bertz CT molecular complexity index is 512. The quantitative estimate of drug-likeness (QED) is 0.920. The zero-order valence-electron chi connectivity index (χ0n) is 11.3. The molecule has 0 aliphatic carbocycles. The van der Waals surface area contributed by atoms with E-state index in [-0.39, 0.29) is 5.54 Å². The smallest absolute Gasteiger partial charge is 0.142 e. The Morgan fingerprint density at radius 3 is 2.67 bits per heavy atom. The molecule has 2 rings (SSSR count). The van der Waals surface area contributed by atoms with Gasteiger partial charge in [-0.05, 0) is 39.8 Å². The third-order valence-electron chi connectivity index (χ3n) is 2.56. The molecule has 2 aromatic heterocycles. The minimum absolute atomic E-state index is 0.127. The van der Waals surface area contributed by atoms with Gasteiger partial charge in [-0.3, -0.25) is 4.98 Å². The molecule has 0 atom stereocenters. The van der Waals surface area contributed by atoms with E-state index in [2.05, 4.69) is 43.0 Å². The molecule has 18 heavy (non-hydrogen) atoms. The van der Waals surface area contributed by atoms with E-state index in [0.29, 0.717) is 0 Å². The monoisotopic (exact) mass is 261 g/mol. The Morgan fingerprint density at radius 1 is 1.28 bits per heavy atom. The predicted octanol–water partition coefficient (Wildman–Crippen LogP) is 3.40. The number of aromatic nitrogens is 2. The molecule has 0 spiro atoms. The van der Waals surface area contributed by atoms with E-state index in [1.807, 2.05) is 18.2 Å². The van der Waals surface area contributed by atoms with Gasteiger partial charge in [0.15, 0.2) is 0 Å². The number of hydrogen-bond donors (Lipinski definition) is 1. The van der Waals surface area contributed by atoms with Gasteiger partial charge < -0.3 is 5.32 Å². The molecule has 0 fully saturated rings. The number of rotatable bonds is 3. The molecule has 0 aliphatic heterocycles. The van der Waals surface area contributed by atoms with Crippen molar-refractivity contribution in [2.24, 2.45) is 0 Å². The third kappa shape index (κ3) is 3.37. The molecule has 0 unspecified atom stereocenters. The van der Waals surface area contributed by atoms with Crippen LogP contribution in [0.15, 0.2) is 24.4 Å². The minimum Gasteiger partial charge on any atom is -0.307 e. The van der Waals surface area contributed by atoms with Gasteiger partial charge >= 0.3 is 0 Å². The Morgan fingerprint density at radius 2 is 2.06 bits per heavy atom. The van der Waals surface area contributed by atoms with E-state index in [0.717, 1.165) is 22.9 Å². The highest BCUT2D eigenvalue weighted by molar-refractivity contribution is 7.15. The van der Waals surface area contributed by atoms with E-state index in [1.54, 1.807) is 17.5 Å². The highest BCUT2D eigenvalue weighted by Crippen LogP contribution is 2.26. The van der Waals surface area contributed by atoms with Gasteiger partial charge in [0.25, 0.3) is 0 Å². The zero-order chi connectivity index (χ0) is 13.2. The van der Waals surface area contributed by atoms with Crippen LogP contribution in [-0.4, -0.2) is 15.5 Å². The Labute approximate surface area is 112 Å². The number of hydrogen-bond acceptors (Lipinski definition) is 4. The summed E-state index contributed by atoms with van der Waals surface area (Å²) in [4.78, 5) is 10.2.